The molecule has 3 rings (SSSR count). The average molecular weight is 386 g/mol. The Balaban J connectivity index is 1.56. The highest BCUT2D eigenvalue weighted by molar-refractivity contribution is 7.99. The van der Waals surface area contributed by atoms with Crippen molar-refractivity contribution in [3.05, 3.63) is 46.8 Å². The van der Waals surface area contributed by atoms with Crippen LogP contribution in [0.2, 0.25) is 0 Å². The summed E-state index contributed by atoms with van der Waals surface area (Å²) in [5.41, 5.74) is 3.67. The average Bonchev–Trinajstić information content (AvgIpc) is 3.06. The molecule has 8 heteroatoms. The van der Waals surface area contributed by atoms with Gasteiger partial charge in [-0.25, -0.2) is 9.50 Å². The molecule has 7 nitrogen and oxygen atoms in total. The van der Waals surface area contributed by atoms with Gasteiger partial charge in [-0.05, 0) is 57.5 Å². The van der Waals surface area contributed by atoms with Crippen molar-refractivity contribution in [2.24, 2.45) is 0 Å². The van der Waals surface area contributed by atoms with Crippen molar-refractivity contribution in [1.82, 2.24) is 19.6 Å². The normalized spacial score (nSPS) is 12.3. The quantitative estimate of drug-likeness (QED) is 0.493. The van der Waals surface area contributed by atoms with E-state index in [2.05, 4.69) is 15.1 Å². The molecule has 1 atom stereocenters. The van der Waals surface area contributed by atoms with Gasteiger partial charge < -0.3 is 9.84 Å². The number of aromatic nitrogens is 4. The van der Waals surface area contributed by atoms with E-state index < -0.39 is 6.10 Å². The largest absolute Gasteiger partial charge is 0.491 e. The zero-order valence-electron chi connectivity index (χ0n) is 15.8. The maximum atomic E-state index is 11.3. The van der Waals surface area contributed by atoms with Crippen LogP contribution in [0.3, 0.4) is 0 Å². The van der Waals surface area contributed by atoms with Crippen LogP contribution in [0, 0.1) is 20.8 Å². The van der Waals surface area contributed by atoms with E-state index in [0.717, 1.165) is 17.0 Å². The third-order valence-electron chi connectivity index (χ3n) is 4.35. The summed E-state index contributed by atoms with van der Waals surface area (Å²) < 4.78 is 7.29. The standard InChI is InChI=1S/C19H22N4O3S/c1-11-12(2)20-18-21-19(22-23(18)13(11)3)27-10-16(25)9-26-17-7-5-15(6-8-17)14(4)24/h5-8,16,25H,9-10H2,1-4H3. The summed E-state index contributed by atoms with van der Waals surface area (Å²) in [6, 6.07) is 6.86. The van der Waals surface area contributed by atoms with Gasteiger partial charge in [0, 0.05) is 22.7 Å². The lowest BCUT2D eigenvalue weighted by atomic mass is 10.1. The number of ketones is 1. The SMILES string of the molecule is CC(=O)c1ccc(OCC(O)CSc2nc3nc(C)c(C)c(C)n3n2)cc1. The third-order valence-corrected chi connectivity index (χ3v) is 5.33. The number of hydrogen-bond acceptors (Lipinski definition) is 7. The number of aliphatic hydroxyl groups excluding tert-OH is 1. The fraction of sp³-hybridized carbons (Fsp3) is 0.368. The Bertz CT molecular complexity index is 969. The van der Waals surface area contributed by atoms with Gasteiger partial charge in [-0.15, -0.1) is 5.10 Å². The fourth-order valence-corrected chi connectivity index (χ4v) is 3.22. The second-order valence-electron chi connectivity index (χ2n) is 6.37. The zero-order chi connectivity index (χ0) is 19.6. The summed E-state index contributed by atoms with van der Waals surface area (Å²) in [6.45, 7) is 7.61. The first-order chi connectivity index (χ1) is 12.8. The second kappa shape index (κ2) is 8.06. The molecule has 2 aromatic heterocycles. The molecule has 0 bridgehead atoms. The first-order valence-electron chi connectivity index (χ1n) is 8.60. The number of rotatable bonds is 7. The van der Waals surface area contributed by atoms with Crippen LogP contribution in [0.5, 0.6) is 5.75 Å². The van der Waals surface area contributed by atoms with E-state index in [0.29, 0.717) is 28.0 Å². The Kier molecular flexibility index (Phi) is 5.76. The number of carbonyl (C=O) groups excluding carboxylic acids is 1. The van der Waals surface area contributed by atoms with E-state index in [1.165, 1.54) is 18.7 Å². The van der Waals surface area contributed by atoms with Gasteiger partial charge in [0.15, 0.2) is 5.78 Å². The second-order valence-corrected chi connectivity index (χ2v) is 7.36. The lowest BCUT2D eigenvalue weighted by Crippen LogP contribution is -2.20. The molecule has 3 aromatic rings. The van der Waals surface area contributed by atoms with Crippen LogP contribution < -0.4 is 4.74 Å². The number of aryl methyl sites for hydroxylation is 2. The van der Waals surface area contributed by atoms with Crippen LogP contribution in [0.4, 0.5) is 0 Å². The number of aliphatic hydroxyl groups is 1. The van der Waals surface area contributed by atoms with Crippen LogP contribution in [0.15, 0.2) is 29.4 Å². The molecule has 27 heavy (non-hydrogen) atoms. The molecular weight excluding hydrogens is 364 g/mol. The molecule has 0 amide bonds. The Morgan fingerprint density at radius 2 is 1.93 bits per heavy atom. The highest BCUT2D eigenvalue weighted by Gasteiger charge is 2.13. The summed E-state index contributed by atoms with van der Waals surface area (Å²) in [6.07, 6.45) is -0.674. The zero-order valence-corrected chi connectivity index (χ0v) is 16.6. The van der Waals surface area contributed by atoms with Crippen molar-refractivity contribution in [3.63, 3.8) is 0 Å². The topological polar surface area (TPSA) is 89.6 Å². The molecule has 0 aliphatic heterocycles. The molecule has 1 unspecified atom stereocenters. The summed E-state index contributed by atoms with van der Waals surface area (Å²) in [4.78, 5) is 20.1. The van der Waals surface area contributed by atoms with Crippen molar-refractivity contribution in [1.29, 1.82) is 0 Å². The number of ether oxygens (including phenoxy) is 1. The summed E-state index contributed by atoms with van der Waals surface area (Å²) in [5.74, 6) is 1.59. The van der Waals surface area contributed by atoms with Gasteiger partial charge in [0.1, 0.15) is 12.4 Å². The van der Waals surface area contributed by atoms with E-state index >= 15 is 0 Å². The Morgan fingerprint density at radius 3 is 2.59 bits per heavy atom. The predicted octanol–water partition coefficient (Wildman–Crippen LogP) is 2.78. The fourth-order valence-electron chi connectivity index (χ4n) is 2.50. The first-order valence-corrected chi connectivity index (χ1v) is 9.59. The van der Waals surface area contributed by atoms with Gasteiger partial charge in [-0.1, -0.05) is 11.8 Å². The highest BCUT2D eigenvalue weighted by atomic mass is 32.2. The van der Waals surface area contributed by atoms with Crippen LogP contribution in [0.1, 0.15) is 34.2 Å². The number of thioether (sulfide) groups is 1. The molecule has 2 heterocycles. The van der Waals surface area contributed by atoms with Gasteiger partial charge >= 0.3 is 0 Å². The number of Topliss-reactive ketones (excluding diaryl/α,β-unsaturated/α-hetero) is 1. The van der Waals surface area contributed by atoms with Crippen molar-refractivity contribution in [2.45, 2.75) is 39.0 Å². The minimum atomic E-state index is -0.674. The predicted molar refractivity (Wildman–Crippen MR) is 104 cm³/mol. The lowest BCUT2D eigenvalue weighted by Gasteiger charge is -2.11. The van der Waals surface area contributed by atoms with Crippen molar-refractivity contribution in [2.75, 3.05) is 12.4 Å². The smallest absolute Gasteiger partial charge is 0.253 e. The van der Waals surface area contributed by atoms with Gasteiger partial charge in [-0.3, -0.25) is 4.79 Å². The van der Waals surface area contributed by atoms with Gasteiger partial charge in [-0.2, -0.15) is 4.98 Å². The lowest BCUT2D eigenvalue weighted by molar-refractivity contribution is 0.101. The molecule has 0 saturated heterocycles. The highest BCUT2D eigenvalue weighted by Crippen LogP contribution is 2.19. The Labute approximate surface area is 161 Å². The molecule has 1 aromatic carbocycles. The molecule has 0 spiro atoms. The number of hydrogen-bond donors (Lipinski definition) is 1. The Morgan fingerprint density at radius 1 is 1.22 bits per heavy atom. The van der Waals surface area contributed by atoms with Gasteiger partial charge in [0.05, 0.1) is 6.10 Å². The minimum Gasteiger partial charge on any atom is -0.491 e. The minimum absolute atomic E-state index is 0.00746. The first kappa shape index (κ1) is 19.3. The number of carbonyl (C=O) groups is 1. The molecular formula is C19H22N4O3S. The molecule has 0 aliphatic carbocycles. The van der Waals surface area contributed by atoms with Crippen LogP contribution in [0.25, 0.3) is 5.78 Å². The van der Waals surface area contributed by atoms with Crippen LogP contribution in [-0.2, 0) is 0 Å². The third kappa shape index (κ3) is 4.45. The maximum Gasteiger partial charge on any atom is 0.253 e. The molecule has 0 saturated carbocycles. The summed E-state index contributed by atoms with van der Waals surface area (Å²) in [7, 11) is 0. The number of fused-ring (bicyclic) bond motifs is 1. The van der Waals surface area contributed by atoms with E-state index in [9.17, 15) is 9.90 Å². The van der Waals surface area contributed by atoms with Gasteiger partial charge in [0.2, 0.25) is 5.16 Å². The van der Waals surface area contributed by atoms with Crippen LogP contribution >= 0.6 is 11.8 Å². The molecule has 0 fully saturated rings. The maximum absolute atomic E-state index is 11.3. The van der Waals surface area contributed by atoms with Gasteiger partial charge in [0.25, 0.3) is 5.78 Å². The summed E-state index contributed by atoms with van der Waals surface area (Å²) >= 11 is 1.36. The van der Waals surface area contributed by atoms with Crippen molar-refractivity contribution < 1.29 is 14.6 Å². The van der Waals surface area contributed by atoms with E-state index in [1.54, 1.807) is 28.8 Å². The number of nitrogens with zero attached hydrogens (tertiary/aromatic N) is 4. The van der Waals surface area contributed by atoms with Crippen molar-refractivity contribution in [3.8, 4) is 5.75 Å². The molecule has 1 N–H and O–H groups in total. The molecule has 142 valence electrons. The van der Waals surface area contributed by atoms with E-state index in [4.69, 9.17) is 4.74 Å². The molecule has 0 aliphatic rings. The van der Waals surface area contributed by atoms with E-state index in [-0.39, 0.29) is 12.4 Å². The van der Waals surface area contributed by atoms with Crippen molar-refractivity contribution >= 4 is 23.3 Å². The van der Waals surface area contributed by atoms with E-state index in [1.807, 2.05) is 20.8 Å². The monoisotopic (exact) mass is 386 g/mol. The van der Waals surface area contributed by atoms with Crippen LogP contribution in [-0.4, -0.2) is 48.9 Å². The number of benzene rings is 1. The molecule has 0 radical (unpaired) electrons. The summed E-state index contributed by atoms with van der Waals surface area (Å²) in [5, 5.41) is 15.2. The Hall–Kier alpha value is -2.45.